The molecule has 0 saturated carbocycles. The molecule has 0 atom stereocenters. The number of piperidine rings is 1. The highest BCUT2D eigenvalue weighted by Gasteiger charge is 2.47. The third-order valence-electron chi connectivity index (χ3n) is 5.35. The number of amides is 2. The Balaban J connectivity index is 1.40. The number of likely N-dealkylation sites (tertiary alicyclic amines) is 1. The molecule has 1 spiro atoms. The van der Waals surface area contributed by atoms with Gasteiger partial charge in [-0.1, -0.05) is 30.3 Å². The van der Waals surface area contributed by atoms with Crippen molar-refractivity contribution in [1.29, 1.82) is 0 Å². The second kappa shape index (κ2) is 7.31. The van der Waals surface area contributed by atoms with Crippen LogP contribution in [0.15, 0.2) is 48.5 Å². The molecule has 2 aliphatic heterocycles. The van der Waals surface area contributed by atoms with Crippen LogP contribution < -0.4 is 0 Å². The fraction of sp³-hybridized carbons (Fsp3) is 0.333. The molecule has 7 heteroatoms. The van der Waals surface area contributed by atoms with Gasteiger partial charge in [-0.15, -0.1) is 0 Å². The first-order chi connectivity index (χ1) is 13.5. The van der Waals surface area contributed by atoms with Gasteiger partial charge in [0.15, 0.2) is 0 Å². The number of hydroxylamine groups is 2. The van der Waals surface area contributed by atoms with Crippen LogP contribution in [0.5, 0.6) is 0 Å². The molecular weight excluding hydrogens is 366 g/mol. The minimum absolute atomic E-state index is 0.0835. The van der Waals surface area contributed by atoms with Crippen molar-refractivity contribution in [3.05, 3.63) is 71.3 Å². The van der Waals surface area contributed by atoms with Gasteiger partial charge in [-0.3, -0.25) is 14.4 Å². The van der Waals surface area contributed by atoms with Crippen LogP contribution in [0.3, 0.4) is 0 Å². The summed E-state index contributed by atoms with van der Waals surface area (Å²) in [6.07, 6.45) is 1.19. The second-order valence-corrected chi connectivity index (χ2v) is 7.28. The highest BCUT2D eigenvalue weighted by atomic mass is 19.1. The third-order valence-corrected chi connectivity index (χ3v) is 5.35. The molecule has 2 aromatic carbocycles. The van der Waals surface area contributed by atoms with Gasteiger partial charge in [0.05, 0.1) is 18.5 Å². The first kappa shape index (κ1) is 18.6. The number of rotatable bonds is 3. The van der Waals surface area contributed by atoms with E-state index in [2.05, 4.69) is 0 Å². The molecule has 0 bridgehead atoms. The molecule has 146 valence electrons. The monoisotopic (exact) mass is 386 g/mol. The Morgan fingerprint density at radius 2 is 1.79 bits per heavy atom. The van der Waals surface area contributed by atoms with Crippen LogP contribution >= 0.6 is 0 Å². The van der Waals surface area contributed by atoms with Gasteiger partial charge in [0.2, 0.25) is 5.91 Å². The summed E-state index contributed by atoms with van der Waals surface area (Å²) in [6.45, 7) is 1.01. The van der Waals surface area contributed by atoms with Gasteiger partial charge in [-0.25, -0.2) is 13.8 Å². The number of halogens is 2. The van der Waals surface area contributed by atoms with E-state index in [0.29, 0.717) is 32.5 Å². The average Bonchev–Trinajstić information content (AvgIpc) is 2.99. The highest BCUT2D eigenvalue weighted by molar-refractivity contribution is 5.94. The van der Waals surface area contributed by atoms with Crippen molar-refractivity contribution in [3.8, 4) is 0 Å². The third kappa shape index (κ3) is 3.62. The fourth-order valence-electron chi connectivity index (χ4n) is 3.77. The van der Waals surface area contributed by atoms with Gasteiger partial charge in [0.25, 0.3) is 5.91 Å². The Morgan fingerprint density at radius 3 is 2.50 bits per heavy atom. The molecule has 2 fully saturated rings. The molecule has 2 heterocycles. The maximum absolute atomic E-state index is 13.9. The normalized spacial score (nSPS) is 18.7. The van der Waals surface area contributed by atoms with Crippen molar-refractivity contribution in [1.82, 2.24) is 9.96 Å². The Bertz CT molecular complexity index is 896. The standard InChI is InChI=1S/C21H20F2N2O3/c22-16-6-7-18(23)17(12-16)20(27)24-10-8-21(9-11-24)13-19(26)25(28-21)14-15-4-2-1-3-5-15/h1-7,12H,8-11,13-14H2. The molecule has 2 aromatic rings. The molecular formula is C21H20F2N2O3. The van der Waals surface area contributed by atoms with Crippen molar-refractivity contribution in [2.45, 2.75) is 31.4 Å². The molecule has 5 nitrogen and oxygen atoms in total. The SMILES string of the molecule is O=C(c1cc(F)ccc1F)N1CCC2(CC1)CC(=O)N(Cc1ccccc1)O2. The molecule has 0 aromatic heterocycles. The molecule has 2 saturated heterocycles. The topological polar surface area (TPSA) is 49.9 Å². The lowest BCUT2D eigenvalue weighted by atomic mass is 9.88. The molecule has 4 rings (SSSR count). The summed E-state index contributed by atoms with van der Waals surface area (Å²) in [6, 6.07) is 12.4. The van der Waals surface area contributed by atoms with E-state index in [0.717, 1.165) is 23.8 Å². The van der Waals surface area contributed by atoms with Crippen LogP contribution in [0.1, 0.15) is 35.2 Å². The molecule has 0 N–H and O–H groups in total. The van der Waals surface area contributed by atoms with Crippen LogP contribution in [-0.2, 0) is 16.2 Å². The van der Waals surface area contributed by atoms with Crippen LogP contribution in [0, 0.1) is 11.6 Å². The summed E-state index contributed by atoms with van der Waals surface area (Å²) < 4.78 is 27.3. The molecule has 2 aliphatic rings. The van der Waals surface area contributed by atoms with Crippen LogP contribution in [0.2, 0.25) is 0 Å². The van der Waals surface area contributed by atoms with Gasteiger partial charge < -0.3 is 4.90 Å². The van der Waals surface area contributed by atoms with Crippen molar-refractivity contribution >= 4 is 11.8 Å². The lowest BCUT2D eigenvalue weighted by Gasteiger charge is -2.37. The van der Waals surface area contributed by atoms with Gasteiger partial charge in [0, 0.05) is 13.1 Å². The average molecular weight is 386 g/mol. The minimum Gasteiger partial charge on any atom is -0.338 e. The number of nitrogens with zero attached hydrogens (tertiary/aromatic N) is 2. The Kier molecular flexibility index (Phi) is 4.85. The van der Waals surface area contributed by atoms with Crippen LogP contribution in [-0.4, -0.2) is 40.5 Å². The smallest absolute Gasteiger partial charge is 0.256 e. The Hall–Kier alpha value is -2.80. The predicted octanol–water partition coefficient (Wildman–Crippen LogP) is 3.30. The second-order valence-electron chi connectivity index (χ2n) is 7.28. The zero-order chi connectivity index (χ0) is 19.7. The van der Waals surface area contributed by atoms with E-state index >= 15 is 0 Å². The largest absolute Gasteiger partial charge is 0.338 e. The number of benzene rings is 2. The number of carbonyl (C=O) groups excluding carboxylic acids is 2. The molecule has 0 unspecified atom stereocenters. The number of hydrogen-bond donors (Lipinski definition) is 0. The zero-order valence-corrected chi connectivity index (χ0v) is 15.2. The number of carbonyl (C=O) groups is 2. The van der Waals surface area contributed by atoms with Crippen molar-refractivity contribution in [2.24, 2.45) is 0 Å². The Morgan fingerprint density at radius 1 is 1.07 bits per heavy atom. The molecule has 0 radical (unpaired) electrons. The predicted molar refractivity (Wildman–Crippen MR) is 96.9 cm³/mol. The van der Waals surface area contributed by atoms with Gasteiger partial charge >= 0.3 is 0 Å². The van der Waals surface area contributed by atoms with Crippen LogP contribution in [0.4, 0.5) is 8.78 Å². The summed E-state index contributed by atoms with van der Waals surface area (Å²) in [4.78, 5) is 32.4. The van der Waals surface area contributed by atoms with Gasteiger partial charge in [-0.05, 0) is 36.6 Å². The maximum atomic E-state index is 13.9. The number of hydrogen-bond acceptors (Lipinski definition) is 3. The maximum Gasteiger partial charge on any atom is 0.256 e. The van der Waals surface area contributed by atoms with Gasteiger partial charge in [-0.2, -0.15) is 0 Å². The molecule has 28 heavy (non-hydrogen) atoms. The van der Waals surface area contributed by atoms with E-state index in [1.807, 2.05) is 30.3 Å². The van der Waals surface area contributed by atoms with Crippen molar-refractivity contribution in [2.75, 3.05) is 13.1 Å². The van der Waals surface area contributed by atoms with E-state index in [1.165, 1.54) is 9.96 Å². The lowest BCUT2D eigenvalue weighted by Crippen LogP contribution is -2.47. The van der Waals surface area contributed by atoms with E-state index in [9.17, 15) is 18.4 Å². The summed E-state index contributed by atoms with van der Waals surface area (Å²) >= 11 is 0. The summed E-state index contributed by atoms with van der Waals surface area (Å²) in [7, 11) is 0. The minimum atomic E-state index is -0.743. The summed E-state index contributed by atoms with van der Waals surface area (Å²) in [5.41, 5.74) is 0.0653. The summed E-state index contributed by atoms with van der Waals surface area (Å²) in [5.74, 6) is -2.02. The van der Waals surface area contributed by atoms with E-state index in [1.54, 1.807) is 0 Å². The first-order valence-electron chi connectivity index (χ1n) is 9.24. The quantitative estimate of drug-likeness (QED) is 0.813. The molecule has 0 aliphatic carbocycles. The first-order valence-corrected chi connectivity index (χ1v) is 9.24. The van der Waals surface area contributed by atoms with Crippen molar-refractivity contribution in [3.63, 3.8) is 0 Å². The molecule has 2 amide bonds. The summed E-state index contributed by atoms with van der Waals surface area (Å²) in [5, 5.41) is 1.39. The van der Waals surface area contributed by atoms with E-state index in [-0.39, 0.29) is 17.9 Å². The van der Waals surface area contributed by atoms with Crippen LogP contribution in [0.25, 0.3) is 0 Å². The fourth-order valence-corrected chi connectivity index (χ4v) is 3.77. The zero-order valence-electron chi connectivity index (χ0n) is 15.2. The van der Waals surface area contributed by atoms with E-state index < -0.39 is 23.1 Å². The Labute approximate surface area is 161 Å². The highest BCUT2D eigenvalue weighted by Crippen LogP contribution is 2.37. The van der Waals surface area contributed by atoms with Gasteiger partial charge in [0.1, 0.15) is 17.2 Å². The van der Waals surface area contributed by atoms with E-state index in [4.69, 9.17) is 4.84 Å². The lowest BCUT2D eigenvalue weighted by molar-refractivity contribution is -0.213. The van der Waals surface area contributed by atoms with Crippen molar-refractivity contribution < 1.29 is 23.2 Å².